The summed E-state index contributed by atoms with van der Waals surface area (Å²) in [6, 6.07) is 9.03. The number of benzene rings is 1. The first-order valence-electron chi connectivity index (χ1n) is 5.46. The van der Waals surface area contributed by atoms with Crippen molar-refractivity contribution in [3.8, 4) is 0 Å². The molecule has 98 valence electrons. The molecule has 0 aliphatic rings. The van der Waals surface area contributed by atoms with Gasteiger partial charge in [-0.15, -0.1) is 0 Å². The van der Waals surface area contributed by atoms with E-state index >= 15 is 0 Å². The number of carbonyl (C=O) groups excluding carboxylic acids is 1. The molecule has 2 rings (SSSR count). The van der Waals surface area contributed by atoms with Gasteiger partial charge >= 0.3 is 5.97 Å². The van der Waals surface area contributed by atoms with Gasteiger partial charge in [-0.1, -0.05) is 15.9 Å². The summed E-state index contributed by atoms with van der Waals surface area (Å²) in [5, 5.41) is 3.05. The molecule has 0 aliphatic carbocycles. The van der Waals surface area contributed by atoms with Crippen LogP contribution in [0.25, 0.3) is 0 Å². The molecule has 0 saturated heterocycles. The Balaban J connectivity index is 2.34. The van der Waals surface area contributed by atoms with Crippen LogP contribution in [0.3, 0.4) is 0 Å². The van der Waals surface area contributed by atoms with Crippen molar-refractivity contribution >= 4 is 39.1 Å². The summed E-state index contributed by atoms with van der Waals surface area (Å²) in [4.78, 5) is 15.8. The van der Waals surface area contributed by atoms with E-state index < -0.39 is 5.97 Å². The van der Waals surface area contributed by atoms with Gasteiger partial charge in [-0.05, 0) is 30.3 Å². The fourth-order valence-corrected chi connectivity index (χ4v) is 1.78. The summed E-state index contributed by atoms with van der Waals surface area (Å²) >= 11 is 3.36. The maximum absolute atomic E-state index is 11.7. The van der Waals surface area contributed by atoms with Gasteiger partial charge in [0.05, 0.1) is 19.0 Å². The van der Waals surface area contributed by atoms with Gasteiger partial charge in [0, 0.05) is 10.2 Å². The summed E-state index contributed by atoms with van der Waals surface area (Å²) in [6.07, 6.45) is 1.48. The maximum Gasteiger partial charge on any atom is 0.341 e. The van der Waals surface area contributed by atoms with Crippen LogP contribution in [0.4, 0.5) is 17.2 Å². The Morgan fingerprint density at radius 1 is 1.37 bits per heavy atom. The quantitative estimate of drug-likeness (QED) is 0.850. The summed E-state index contributed by atoms with van der Waals surface area (Å²) in [6.45, 7) is 0. The number of anilines is 3. The highest BCUT2D eigenvalue weighted by molar-refractivity contribution is 9.10. The normalized spacial score (nSPS) is 10.0. The molecule has 0 amide bonds. The smallest absolute Gasteiger partial charge is 0.341 e. The van der Waals surface area contributed by atoms with Crippen LogP contribution >= 0.6 is 15.9 Å². The number of carbonyl (C=O) groups is 1. The number of aromatic nitrogens is 1. The lowest BCUT2D eigenvalue weighted by atomic mass is 10.2. The van der Waals surface area contributed by atoms with Crippen LogP contribution < -0.4 is 11.1 Å². The molecule has 0 radical (unpaired) electrons. The second-order valence-electron chi connectivity index (χ2n) is 3.79. The fraction of sp³-hybridized carbons (Fsp3) is 0.0769. The Kier molecular flexibility index (Phi) is 4.01. The number of nitrogens with two attached hydrogens (primary N) is 1. The van der Waals surface area contributed by atoms with Crippen LogP contribution in [0.2, 0.25) is 0 Å². The number of pyridine rings is 1. The predicted octanol–water partition coefficient (Wildman–Crippen LogP) is 2.96. The first-order valence-corrected chi connectivity index (χ1v) is 6.26. The molecule has 5 nitrogen and oxygen atoms in total. The van der Waals surface area contributed by atoms with E-state index in [1.807, 2.05) is 24.3 Å². The van der Waals surface area contributed by atoms with Crippen molar-refractivity contribution in [3.05, 3.63) is 46.6 Å². The van der Waals surface area contributed by atoms with Gasteiger partial charge in [0.1, 0.15) is 11.4 Å². The summed E-state index contributed by atoms with van der Waals surface area (Å²) in [5.74, 6) is -0.0808. The first kappa shape index (κ1) is 13.4. The number of rotatable bonds is 3. The highest BCUT2D eigenvalue weighted by atomic mass is 79.9. The van der Waals surface area contributed by atoms with Gasteiger partial charge in [0.25, 0.3) is 0 Å². The van der Waals surface area contributed by atoms with Gasteiger partial charge in [-0.3, -0.25) is 0 Å². The summed E-state index contributed by atoms with van der Waals surface area (Å²) in [7, 11) is 1.31. The molecule has 2 aromatic rings. The zero-order valence-corrected chi connectivity index (χ0v) is 11.8. The zero-order chi connectivity index (χ0) is 13.8. The highest BCUT2D eigenvalue weighted by Crippen LogP contribution is 2.22. The fourth-order valence-electron chi connectivity index (χ4n) is 1.52. The van der Waals surface area contributed by atoms with Crippen molar-refractivity contribution in [1.29, 1.82) is 0 Å². The third-order valence-electron chi connectivity index (χ3n) is 2.42. The lowest BCUT2D eigenvalue weighted by Gasteiger charge is -2.10. The second kappa shape index (κ2) is 5.71. The van der Waals surface area contributed by atoms with Crippen LogP contribution in [0.1, 0.15) is 10.4 Å². The minimum absolute atomic E-state index is 0.297. The van der Waals surface area contributed by atoms with E-state index in [9.17, 15) is 4.79 Å². The zero-order valence-electron chi connectivity index (χ0n) is 10.2. The monoisotopic (exact) mass is 321 g/mol. The molecule has 1 aromatic heterocycles. The molecule has 0 unspecified atom stereocenters. The maximum atomic E-state index is 11.7. The summed E-state index contributed by atoms with van der Waals surface area (Å²) < 4.78 is 5.68. The molecule has 0 fully saturated rings. The first-order chi connectivity index (χ1) is 9.10. The van der Waals surface area contributed by atoms with Crippen molar-refractivity contribution in [3.63, 3.8) is 0 Å². The van der Waals surface area contributed by atoms with Crippen LogP contribution in [-0.4, -0.2) is 18.1 Å². The number of hydrogen-bond donors (Lipinski definition) is 2. The number of nitrogens with one attached hydrogen (secondary N) is 1. The van der Waals surface area contributed by atoms with Crippen LogP contribution in [0.5, 0.6) is 0 Å². The average Bonchev–Trinajstić information content (AvgIpc) is 2.42. The van der Waals surface area contributed by atoms with E-state index in [1.54, 1.807) is 0 Å². The third kappa shape index (κ3) is 3.23. The number of nitrogen functional groups attached to an aromatic ring is 1. The van der Waals surface area contributed by atoms with E-state index in [0.29, 0.717) is 17.1 Å². The minimum Gasteiger partial charge on any atom is -0.465 e. The number of nitrogens with zero attached hydrogens (tertiary/aromatic N) is 1. The van der Waals surface area contributed by atoms with Crippen LogP contribution in [0.15, 0.2) is 41.0 Å². The average molecular weight is 322 g/mol. The Labute approximate surface area is 118 Å². The molecule has 0 aliphatic heterocycles. The number of methoxy groups -OCH3 is 1. The Hall–Kier alpha value is -2.08. The van der Waals surface area contributed by atoms with Gasteiger partial charge in [0.15, 0.2) is 0 Å². The largest absolute Gasteiger partial charge is 0.465 e. The molecule has 1 heterocycles. The number of esters is 1. The Morgan fingerprint density at radius 2 is 2.05 bits per heavy atom. The van der Waals surface area contributed by atoms with E-state index in [1.165, 1.54) is 19.4 Å². The molecule has 0 bridgehead atoms. The SMILES string of the molecule is COC(=O)c1cc(N)cnc1Nc1ccc(Br)cc1. The van der Waals surface area contributed by atoms with Gasteiger partial charge in [-0.2, -0.15) is 0 Å². The van der Waals surface area contributed by atoms with E-state index in [-0.39, 0.29) is 0 Å². The van der Waals surface area contributed by atoms with E-state index in [4.69, 9.17) is 10.5 Å². The van der Waals surface area contributed by atoms with Gasteiger partial charge in [0.2, 0.25) is 0 Å². The highest BCUT2D eigenvalue weighted by Gasteiger charge is 2.13. The Morgan fingerprint density at radius 3 is 2.68 bits per heavy atom. The molecular weight excluding hydrogens is 310 g/mol. The molecule has 6 heteroatoms. The molecule has 0 spiro atoms. The molecule has 3 N–H and O–H groups in total. The number of ether oxygens (including phenoxy) is 1. The third-order valence-corrected chi connectivity index (χ3v) is 2.95. The lowest BCUT2D eigenvalue weighted by Crippen LogP contribution is -2.08. The van der Waals surface area contributed by atoms with Crippen LogP contribution in [-0.2, 0) is 4.74 Å². The molecule has 0 saturated carbocycles. The standard InChI is InChI=1S/C13H12BrN3O2/c1-19-13(18)11-6-9(15)7-16-12(11)17-10-4-2-8(14)3-5-10/h2-7H,15H2,1H3,(H,16,17). The molecule has 0 atom stereocenters. The molecule has 1 aromatic carbocycles. The topological polar surface area (TPSA) is 77.2 Å². The number of halogens is 1. The minimum atomic E-state index is -0.487. The van der Waals surface area contributed by atoms with E-state index in [0.717, 1.165) is 10.2 Å². The van der Waals surface area contributed by atoms with Crippen molar-refractivity contribution in [2.75, 3.05) is 18.2 Å². The van der Waals surface area contributed by atoms with Crippen molar-refractivity contribution in [2.45, 2.75) is 0 Å². The van der Waals surface area contributed by atoms with Crippen LogP contribution in [0, 0.1) is 0 Å². The van der Waals surface area contributed by atoms with Gasteiger partial charge < -0.3 is 15.8 Å². The van der Waals surface area contributed by atoms with Crippen molar-refractivity contribution < 1.29 is 9.53 Å². The van der Waals surface area contributed by atoms with Gasteiger partial charge in [-0.25, -0.2) is 9.78 Å². The number of hydrogen-bond acceptors (Lipinski definition) is 5. The Bertz CT molecular complexity index is 599. The summed E-state index contributed by atoms with van der Waals surface area (Å²) in [5.41, 5.74) is 7.14. The van der Waals surface area contributed by atoms with Crippen molar-refractivity contribution in [1.82, 2.24) is 4.98 Å². The second-order valence-corrected chi connectivity index (χ2v) is 4.70. The van der Waals surface area contributed by atoms with E-state index in [2.05, 4.69) is 26.2 Å². The predicted molar refractivity (Wildman–Crippen MR) is 77.4 cm³/mol. The molecular formula is C13H12BrN3O2. The lowest BCUT2D eigenvalue weighted by molar-refractivity contribution is 0.0601. The van der Waals surface area contributed by atoms with Crippen molar-refractivity contribution in [2.24, 2.45) is 0 Å². The molecule has 19 heavy (non-hydrogen) atoms.